The largest absolute Gasteiger partial charge is 0.376 e. The number of rotatable bonds is 9. The summed E-state index contributed by atoms with van der Waals surface area (Å²) >= 11 is 0. The Balaban J connectivity index is 1.45. The first-order valence-corrected chi connectivity index (χ1v) is 10.5. The van der Waals surface area contributed by atoms with Crippen LogP contribution in [-0.2, 0) is 14.3 Å². The van der Waals surface area contributed by atoms with E-state index in [4.69, 9.17) is 4.74 Å². The van der Waals surface area contributed by atoms with Crippen LogP contribution in [0.4, 0.5) is 17.1 Å². The molecule has 3 amide bonds. The second kappa shape index (κ2) is 11.1. The maximum Gasteiger partial charge on any atom is 0.251 e. The van der Waals surface area contributed by atoms with Crippen molar-refractivity contribution in [3.63, 3.8) is 0 Å². The molecule has 0 aliphatic carbocycles. The minimum Gasteiger partial charge on any atom is -0.376 e. The van der Waals surface area contributed by atoms with E-state index in [-0.39, 0.29) is 30.4 Å². The minimum absolute atomic E-state index is 0.0509. The number of hydrogen-bond donors (Lipinski definition) is 4. The average Bonchev–Trinajstić information content (AvgIpc) is 3.31. The van der Waals surface area contributed by atoms with Gasteiger partial charge in [0.1, 0.15) is 0 Å². The summed E-state index contributed by atoms with van der Waals surface area (Å²) in [6.45, 7) is 3.08. The summed E-state index contributed by atoms with van der Waals surface area (Å²) in [6, 6.07) is 13.9. The van der Waals surface area contributed by atoms with Crippen molar-refractivity contribution in [1.29, 1.82) is 0 Å². The summed E-state index contributed by atoms with van der Waals surface area (Å²) in [5.41, 5.74) is 2.51. The van der Waals surface area contributed by atoms with Crippen molar-refractivity contribution in [2.24, 2.45) is 0 Å². The monoisotopic (exact) mass is 424 g/mol. The lowest BCUT2D eigenvalue weighted by Gasteiger charge is -2.12. The molecule has 3 rings (SSSR count). The lowest BCUT2D eigenvalue weighted by molar-refractivity contribution is -0.116. The van der Waals surface area contributed by atoms with E-state index in [9.17, 15) is 14.4 Å². The second-order valence-electron chi connectivity index (χ2n) is 7.31. The van der Waals surface area contributed by atoms with Gasteiger partial charge in [-0.05, 0) is 55.3 Å². The maximum absolute atomic E-state index is 12.3. The molecule has 2 aromatic rings. The molecule has 0 saturated carbocycles. The summed E-state index contributed by atoms with van der Waals surface area (Å²) in [7, 11) is 0. The molecule has 1 saturated heterocycles. The second-order valence-corrected chi connectivity index (χ2v) is 7.31. The molecule has 1 aliphatic rings. The number of hydrogen-bond acceptors (Lipinski definition) is 5. The van der Waals surface area contributed by atoms with Crippen LogP contribution in [0.15, 0.2) is 48.5 Å². The van der Waals surface area contributed by atoms with E-state index < -0.39 is 0 Å². The fourth-order valence-electron chi connectivity index (χ4n) is 3.16. The predicted octanol–water partition coefficient (Wildman–Crippen LogP) is 2.99. The Hall–Kier alpha value is -3.39. The Morgan fingerprint density at radius 2 is 1.68 bits per heavy atom. The van der Waals surface area contributed by atoms with Gasteiger partial charge < -0.3 is 26.0 Å². The molecule has 31 heavy (non-hydrogen) atoms. The molecule has 8 heteroatoms. The Kier molecular flexibility index (Phi) is 8.00. The Morgan fingerprint density at radius 1 is 0.968 bits per heavy atom. The van der Waals surface area contributed by atoms with Gasteiger partial charge in [0, 0.05) is 42.2 Å². The molecule has 0 spiro atoms. The van der Waals surface area contributed by atoms with Gasteiger partial charge in [0.25, 0.3) is 5.91 Å². The molecule has 8 nitrogen and oxygen atoms in total. The van der Waals surface area contributed by atoms with Gasteiger partial charge in [-0.3, -0.25) is 14.4 Å². The smallest absolute Gasteiger partial charge is 0.251 e. The van der Waals surface area contributed by atoms with Gasteiger partial charge in [0.2, 0.25) is 11.8 Å². The quantitative estimate of drug-likeness (QED) is 0.495. The number of carbonyl (C=O) groups excluding carboxylic acids is 3. The third-order valence-corrected chi connectivity index (χ3v) is 4.87. The van der Waals surface area contributed by atoms with Crippen LogP contribution in [0.3, 0.4) is 0 Å². The molecule has 0 radical (unpaired) electrons. The summed E-state index contributed by atoms with van der Waals surface area (Å²) in [5.74, 6) is -0.457. The molecule has 1 fully saturated rings. The van der Waals surface area contributed by atoms with E-state index in [1.165, 1.54) is 0 Å². The first-order valence-electron chi connectivity index (χ1n) is 10.5. The van der Waals surface area contributed by atoms with Crippen molar-refractivity contribution in [3.8, 4) is 0 Å². The van der Waals surface area contributed by atoms with E-state index in [1.807, 2.05) is 0 Å². The maximum atomic E-state index is 12.3. The standard InChI is InChI=1S/C23H28N4O4/c1-2-21(28)26-17-8-10-18(11-9-17)27-22(29)15-24-19-6-3-5-16(13-19)23(30)25-14-20-7-4-12-31-20/h3,5-6,8-11,13,20,24H,2,4,7,12,14-15H2,1H3,(H,25,30)(H,26,28)(H,27,29). The third-order valence-electron chi connectivity index (χ3n) is 4.87. The minimum atomic E-state index is -0.224. The van der Waals surface area contributed by atoms with Crippen LogP contribution in [-0.4, -0.2) is 43.5 Å². The Bertz CT molecular complexity index is 908. The van der Waals surface area contributed by atoms with Gasteiger partial charge in [0.05, 0.1) is 12.6 Å². The van der Waals surface area contributed by atoms with Gasteiger partial charge in [-0.25, -0.2) is 0 Å². The number of amides is 3. The highest BCUT2D eigenvalue weighted by molar-refractivity contribution is 5.96. The zero-order chi connectivity index (χ0) is 22.1. The summed E-state index contributed by atoms with van der Waals surface area (Å²) in [5, 5.41) is 11.5. The highest BCUT2D eigenvalue weighted by atomic mass is 16.5. The average molecular weight is 425 g/mol. The molecule has 1 unspecified atom stereocenters. The first-order chi connectivity index (χ1) is 15.0. The number of carbonyl (C=O) groups is 3. The number of anilines is 3. The van der Waals surface area contributed by atoms with Gasteiger partial charge >= 0.3 is 0 Å². The van der Waals surface area contributed by atoms with Crippen molar-refractivity contribution in [1.82, 2.24) is 5.32 Å². The molecule has 1 atom stereocenters. The van der Waals surface area contributed by atoms with E-state index in [2.05, 4.69) is 21.3 Å². The fraction of sp³-hybridized carbons (Fsp3) is 0.348. The summed E-state index contributed by atoms with van der Waals surface area (Å²) in [4.78, 5) is 36.0. The Morgan fingerprint density at radius 3 is 2.32 bits per heavy atom. The number of ether oxygens (including phenoxy) is 1. The molecular weight excluding hydrogens is 396 g/mol. The van der Waals surface area contributed by atoms with Crippen molar-refractivity contribution in [2.45, 2.75) is 32.3 Å². The van der Waals surface area contributed by atoms with Crippen molar-refractivity contribution in [2.75, 3.05) is 35.6 Å². The molecule has 0 aromatic heterocycles. The summed E-state index contributed by atoms with van der Waals surface area (Å²) < 4.78 is 5.52. The summed E-state index contributed by atoms with van der Waals surface area (Å²) in [6.07, 6.45) is 2.49. The topological polar surface area (TPSA) is 109 Å². The van der Waals surface area contributed by atoms with E-state index in [1.54, 1.807) is 55.5 Å². The molecule has 1 heterocycles. The molecule has 0 bridgehead atoms. The zero-order valence-corrected chi connectivity index (χ0v) is 17.6. The number of nitrogens with one attached hydrogen (secondary N) is 4. The lowest BCUT2D eigenvalue weighted by atomic mass is 10.1. The lowest BCUT2D eigenvalue weighted by Crippen LogP contribution is -2.31. The molecule has 164 valence electrons. The van der Waals surface area contributed by atoms with Crippen LogP contribution in [0.1, 0.15) is 36.5 Å². The SMILES string of the molecule is CCC(=O)Nc1ccc(NC(=O)CNc2cccc(C(=O)NCC3CCCO3)c2)cc1. The van der Waals surface area contributed by atoms with Crippen LogP contribution in [0.2, 0.25) is 0 Å². The molecule has 4 N–H and O–H groups in total. The van der Waals surface area contributed by atoms with Crippen LogP contribution in [0.5, 0.6) is 0 Å². The third kappa shape index (κ3) is 7.11. The van der Waals surface area contributed by atoms with Gasteiger partial charge in [-0.15, -0.1) is 0 Å². The zero-order valence-electron chi connectivity index (χ0n) is 17.6. The predicted molar refractivity (Wildman–Crippen MR) is 120 cm³/mol. The van der Waals surface area contributed by atoms with Crippen LogP contribution < -0.4 is 21.3 Å². The van der Waals surface area contributed by atoms with Crippen LogP contribution in [0, 0.1) is 0 Å². The molecule has 2 aromatic carbocycles. The van der Waals surface area contributed by atoms with Crippen LogP contribution in [0.25, 0.3) is 0 Å². The van der Waals surface area contributed by atoms with Crippen molar-refractivity contribution >= 4 is 34.8 Å². The number of benzene rings is 2. The van der Waals surface area contributed by atoms with Gasteiger partial charge in [-0.2, -0.15) is 0 Å². The normalized spacial score (nSPS) is 15.2. The first kappa shape index (κ1) is 22.3. The van der Waals surface area contributed by atoms with Crippen LogP contribution >= 0.6 is 0 Å². The van der Waals surface area contributed by atoms with E-state index in [0.29, 0.717) is 35.6 Å². The highest BCUT2D eigenvalue weighted by Gasteiger charge is 2.16. The Labute approximate surface area is 181 Å². The van der Waals surface area contributed by atoms with E-state index in [0.717, 1.165) is 19.4 Å². The van der Waals surface area contributed by atoms with Crippen molar-refractivity contribution < 1.29 is 19.1 Å². The fourth-order valence-corrected chi connectivity index (χ4v) is 3.16. The molecule has 1 aliphatic heterocycles. The highest BCUT2D eigenvalue weighted by Crippen LogP contribution is 2.15. The van der Waals surface area contributed by atoms with Gasteiger partial charge in [0.15, 0.2) is 0 Å². The molecular formula is C23H28N4O4. The van der Waals surface area contributed by atoms with Crippen molar-refractivity contribution in [3.05, 3.63) is 54.1 Å². The van der Waals surface area contributed by atoms with E-state index >= 15 is 0 Å². The van der Waals surface area contributed by atoms with Gasteiger partial charge in [-0.1, -0.05) is 13.0 Å².